The number of fused-ring (bicyclic) bond motifs is 1. The summed E-state index contributed by atoms with van der Waals surface area (Å²) in [5, 5.41) is 0. The van der Waals surface area contributed by atoms with Crippen molar-refractivity contribution < 1.29 is 14.3 Å². The van der Waals surface area contributed by atoms with Gasteiger partial charge in [0.25, 0.3) is 0 Å². The molecule has 3 nitrogen and oxygen atoms in total. The van der Waals surface area contributed by atoms with E-state index in [-0.39, 0.29) is 17.7 Å². The summed E-state index contributed by atoms with van der Waals surface area (Å²) >= 11 is 0. The first-order valence-corrected chi connectivity index (χ1v) is 6.05. The maximum Gasteiger partial charge on any atom is 0.306 e. The van der Waals surface area contributed by atoms with Crippen LogP contribution in [-0.2, 0) is 16.0 Å². The van der Waals surface area contributed by atoms with Gasteiger partial charge in [-0.05, 0) is 25.8 Å². The molecule has 90 valence electrons. The second-order valence-electron chi connectivity index (χ2n) is 5.39. The molecule has 3 rings (SSSR count). The zero-order valence-corrected chi connectivity index (χ0v) is 10.2. The van der Waals surface area contributed by atoms with Crippen LogP contribution in [0.3, 0.4) is 0 Å². The molecule has 1 aromatic rings. The minimum absolute atomic E-state index is 0.107. The van der Waals surface area contributed by atoms with Crippen LogP contribution in [0.1, 0.15) is 43.9 Å². The molecule has 1 unspecified atom stereocenters. The van der Waals surface area contributed by atoms with Crippen molar-refractivity contribution >= 4 is 5.97 Å². The van der Waals surface area contributed by atoms with Gasteiger partial charge < -0.3 is 9.47 Å². The van der Waals surface area contributed by atoms with Gasteiger partial charge in [0.05, 0.1) is 0 Å². The molecule has 2 aliphatic heterocycles. The summed E-state index contributed by atoms with van der Waals surface area (Å²) < 4.78 is 11.3. The molecule has 1 aromatic carbocycles. The maximum absolute atomic E-state index is 11.2. The van der Waals surface area contributed by atoms with E-state index in [4.69, 9.17) is 9.47 Å². The highest BCUT2D eigenvalue weighted by atomic mass is 16.6. The average Bonchev–Trinajstić information content (AvgIpc) is 2.78. The van der Waals surface area contributed by atoms with Crippen molar-refractivity contribution in [1.82, 2.24) is 0 Å². The number of carbonyl (C=O) groups excluding carboxylic acids is 1. The first-order valence-electron chi connectivity index (χ1n) is 6.05. The zero-order chi connectivity index (χ0) is 12.0. The molecule has 17 heavy (non-hydrogen) atoms. The van der Waals surface area contributed by atoms with Crippen molar-refractivity contribution in [3.63, 3.8) is 0 Å². The van der Waals surface area contributed by atoms with E-state index in [9.17, 15) is 4.79 Å². The largest absolute Gasteiger partial charge is 0.487 e. The van der Waals surface area contributed by atoms with Crippen molar-refractivity contribution in [3.05, 3.63) is 29.3 Å². The van der Waals surface area contributed by atoms with Crippen LogP contribution in [-0.4, -0.2) is 11.6 Å². The molecule has 2 aliphatic rings. The van der Waals surface area contributed by atoms with E-state index < -0.39 is 0 Å². The number of carbonyl (C=O) groups is 1. The van der Waals surface area contributed by atoms with E-state index in [0.29, 0.717) is 6.42 Å². The standard InChI is InChI=1S/C14H16O3/c1-14(2)8-9-4-3-5-10(13(9)17-14)11-6-7-12(15)16-11/h3-5,11H,6-8H2,1-2H3. The van der Waals surface area contributed by atoms with Gasteiger partial charge in [-0.25, -0.2) is 0 Å². The molecular formula is C14H16O3. The minimum atomic E-state index is -0.152. The molecule has 0 amide bonds. The average molecular weight is 232 g/mol. The topological polar surface area (TPSA) is 35.5 Å². The van der Waals surface area contributed by atoms with Gasteiger partial charge in [0, 0.05) is 18.4 Å². The van der Waals surface area contributed by atoms with E-state index in [1.807, 2.05) is 12.1 Å². The maximum atomic E-state index is 11.2. The number of benzene rings is 1. The van der Waals surface area contributed by atoms with Gasteiger partial charge in [-0.3, -0.25) is 4.79 Å². The fourth-order valence-electron chi connectivity index (χ4n) is 2.64. The molecule has 3 heteroatoms. The first-order chi connectivity index (χ1) is 8.05. The smallest absolute Gasteiger partial charge is 0.306 e. The molecule has 0 saturated carbocycles. The number of ether oxygens (including phenoxy) is 2. The van der Waals surface area contributed by atoms with E-state index in [2.05, 4.69) is 19.9 Å². The Morgan fingerprint density at radius 2 is 2.18 bits per heavy atom. The number of hydrogen-bond acceptors (Lipinski definition) is 3. The van der Waals surface area contributed by atoms with Crippen LogP contribution < -0.4 is 4.74 Å². The molecule has 0 bridgehead atoms. The fourth-order valence-corrected chi connectivity index (χ4v) is 2.64. The van der Waals surface area contributed by atoms with Crippen molar-refractivity contribution in [2.45, 2.75) is 44.8 Å². The fraction of sp³-hybridized carbons (Fsp3) is 0.500. The van der Waals surface area contributed by atoms with Crippen LogP contribution in [0.4, 0.5) is 0 Å². The summed E-state index contributed by atoms with van der Waals surface area (Å²) in [4.78, 5) is 11.2. The van der Waals surface area contributed by atoms with Gasteiger partial charge in [0.1, 0.15) is 17.5 Å². The summed E-state index contributed by atoms with van der Waals surface area (Å²) in [5.74, 6) is 0.821. The lowest BCUT2D eigenvalue weighted by atomic mass is 9.98. The van der Waals surface area contributed by atoms with E-state index in [0.717, 1.165) is 24.2 Å². The minimum Gasteiger partial charge on any atom is -0.487 e. The number of hydrogen-bond donors (Lipinski definition) is 0. The summed E-state index contributed by atoms with van der Waals surface area (Å²) in [5.41, 5.74) is 2.09. The Morgan fingerprint density at radius 1 is 1.35 bits per heavy atom. The van der Waals surface area contributed by atoms with Crippen molar-refractivity contribution in [2.24, 2.45) is 0 Å². The van der Waals surface area contributed by atoms with Crippen LogP contribution in [0, 0.1) is 0 Å². The highest BCUT2D eigenvalue weighted by Crippen LogP contribution is 2.43. The van der Waals surface area contributed by atoms with Crippen molar-refractivity contribution in [2.75, 3.05) is 0 Å². The molecule has 0 radical (unpaired) electrons. The Kier molecular flexibility index (Phi) is 2.18. The van der Waals surface area contributed by atoms with Crippen LogP contribution >= 0.6 is 0 Å². The van der Waals surface area contributed by atoms with Gasteiger partial charge in [0.15, 0.2) is 0 Å². The molecular weight excluding hydrogens is 216 g/mol. The molecule has 0 spiro atoms. The molecule has 1 atom stereocenters. The predicted molar refractivity (Wildman–Crippen MR) is 62.9 cm³/mol. The second-order valence-corrected chi connectivity index (χ2v) is 5.39. The number of cyclic esters (lactones) is 1. The number of para-hydroxylation sites is 1. The number of esters is 1. The molecule has 0 aromatic heterocycles. The van der Waals surface area contributed by atoms with Crippen molar-refractivity contribution in [3.8, 4) is 5.75 Å². The highest BCUT2D eigenvalue weighted by molar-refractivity contribution is 5.72. The third kappa shape index (κ3) is 1.79. The summed E-state index contributed by atoms with van der Waals surface area (Å²) in [6.45, 7) is 4.16. The Morgan fingerprint density at radius 3 is 2.88 bits per heavy atom. The lowest BCUT2D eigenvalue weighted by molar-refractivity contribution is -0.141. The molecule has 2 heterocycles. The van der Waals surface area contributed by atoms with Gasteiger partial charge in [-0.1, -0.05) is 18.2 Å². The van der Waals surface area contributed by atoms with Gasteiger partial charge in [-0.15, -0.1) is 0 Å². The quantitative estimate of drug-likeness (QED) is 0.698. The monoisotopic (exact) mass is 232 g/mol. The lowest BCUT2D eigenvalue weighted by Gasteiger charge is -2.19. The molecule has 0 N–H and O–H groups in total. The van der Waals surface area contributed by atoms with Crippen LogP contribution in [0.5, 0.6) is 5.75 Å². The summed E-state index contributed by atoms with van der Waals surface area (Å²) in [6, 6.07) is 6.11. The highest BCUT2D eigenvalue weighted by Gasteiger charge is 2.35. The molecule has 0 aliphatic carbocycles. The summed E-state index contributed by atoms with van der Waals surface area (Å²) in [7, 11) is 0. The molecule has 1 saturated heterocycles. The third-order valence-electron chi connectivity index (χ3n) is 3.35. The van der Waals surface area contributed by atoms with Gasteiger partial charge >= 0.3 is 5.97 Å². The van der Waals surface area contributed by atoms with Crippen molar-refractivity contribution in [1.29, 1.82) is 0 Å². The van der Waals surface area contributed by atoms with Crippen LogP contribution in [0.15, 0.2) is 18.2 Å². The first kappa shape index (κ1) is 10.6. The van der Waals surface area contributed by atoms with Crippen LogP contribution in [0.2, 0.25) is 0 Å². The Hall–Kier alpha value is -1.51. The van der Waals surface area contributed by atoms with Crippen LogP contribution in [0.25, 0.3) is 0 Å². The Labute approximate surface area is 101 Å². The third-order valence-corrected chi connectivity index (χ3v) is 3.35. The summed E-state index contributed by atoms with van der Waals surface area (Å²) in [6.07, 6.45) is 2.07. The van der Waals surface area contributed by atoms with E-state index >= 15 is 0 Å². The Balaban J connectivity index is 1.98. The Bertz CT molecular complexity index is 476. The van der Waals surface area contributed by atoms with Gasteiger partial charge in [-0.2, -0.15) is 0 Å². The van der Waals surface area contributed by atoms with E-state index in [1.165, 1.54) is 5.56 Å². The zero-order valence-electron chi connectivity index (χ0n) is 10.2. The second kappa shape index (κ2) is 3.49. The van der Waals surface area contributed by atoms with E-state index in [1.54, 1.807) is 0 Å². The molecule has 1 fully saturated rings. The SMILES string of the molecule is CC1(C)Cc2cccc(C3CCC(=O)O3)c2O1. The number of rotatable bonds is 1. The predicted octanol–water partition coefficient (Wildman–Crippen LogP) is 2.78. The lowest BCUT2D eigenvalue weighted by Crippen LogP contribution is -2.25. The van der Waals surface area contributed by atoms with Gasteiger partial charge in [0.2, 0.25) is 0 Å². The normalized spacial score (nSPS) is 25.3.